The minimum atomic E-state index is -0.797. The molecule has 0 aliphatic heterocycles. The predicted octanol–water partition coefficient (Wildman–Crippen LogP) is 6.10. The normalized spacial score (nSPS) is 19.9. The van der Waals surface area contributed by atoms with Gasteiger partial charge in [0.1, 0.15) is 17.1 Å². The van der Waals surface area contributed by atoms with Gasteiger partial charge >= 0.3 is 5.97 Å². The highest BCUT2D eigenvalue weighted by Gasteiger charge is 2.41. The fraction of sp³-hybridized carbons (Fsp3) is 0.357. The number of halogens is 1. The molecule has 2 aromatic carbocycles. The van der Waals surface area contributed by atoms with E-state index in [9.17, 15) is 14.4 Å². The van der Waals surface area contributed by atoms with Crippen molar-refractivity contribution in [1.29, 1.82) is 5.26 Å². The van der Waals surface area contributed by atoms with Crippen LogP contribution >= 0.6 is 0 Å². The first-order valence-electron chi connectivity index (χ1n) is 11.9. The van der Waals surface area contributed by atoms with Crippen molar-refractivity contribution < 1.29 is 13.9 Å². The van der Waals surface area contributed by atoms with E-state index in [0.717, 1.165) is 58.7 Å². The first-order valence-corrected chi connectivity index (χ1v) is 11.9. The number of aromatic nitrogens is 3. The number of imidazole rings is 1. The summed E-state index contributed by atoms with van der Waals surface area (Å²) in [7, 11) is 1.36. The number of pyridine rings is 1. The van der Waals surface area contributed by atoms with Gasteiger partial charge in [-0.3, -0.25) is 4.98 Å². The lowest BCUT2D eigenvalue weighted by Gasteiger charge is -2.36. The number of H-pyrrole nitrogens is 1. The number of aryl methyl sites for hydroxylation is 1. The van der Waals surface area contributed by atoms with Gasteiger partial charge in [0.15, 0.2) is 0 Å². The molecule has 2 heterocycles. The van der Waals surface area contributed by atoms with E-state index in [1.807, 2.05) is 19.9 Å². The molecule has 5 rings (SSSR count). The number of methoxy groups -OCH3 is 1. The molecular formula is C28H27FN4O2. The van der Waals surface area contributed by atoms with Gasteiger partial charge in [-0.15, -0.1) is 0 Å². The molecule has 1 saturated carbocycles. The number of carbonyl (C=O) groups excluding carboxylic acids is 1. The number of esters is 1. The number of hydrogen-bond donors (Lipinski definition) is 1. The lowest BCUT2D eigenvalue weighted by atomic mass is 9.67. The van der Waals surface area contributed by atoms with E-state index in [-0.39, 0.29) is 11.7 Å². The third-order valence-corrected chi connectivity index (χ3v) is 7.77. The third kappa shape index (κ3) is 3.83. The Morgan fingerprint density at radius 2 is 1.91 bits per heavy atom. The minimum Gasteiger partial charge on any atom is -0.465 e. The third-order valence-electron chi connectivity index (χ3n) is 7.77. The van der Waals surface area contributed by atoms with Crippen LogP contribution in [0.1, 0.15) is 65.8 Å². The second kappa shape index (κ2) is 8.77. The number of nitrogens with zero attached hydrogens (tertiary/aromatic N) is 3. The molecule has 1 N–H and O–H groups in total. The first kappa shape index (κ1) is 23.0. The summed E-state index contributed by atoms with van der Waals surface area (Å²) in [5.74, 6) is 0.384. The van der Waals surface area contributed by atoms with Gasteiger partial charge in [0.05, 0.1) is 35.3 Å². The highest BCUT2D eigenvalue weighted by molar-refractivity contribution is 5.96. The molecule has 0 spiro atoms. The van der Waals surface area contributed by atoms with Gasteiger partial charge in [-0.25, -0.2) is 14.2 Å². The summed E-state index contributed by atoms with van der Waals surface area (Å²) in [5.41, 5.74) is 3.85. The van der Waals surface area contributed by atoms with E-state index in [2.05, 4.69) is 16.0 Å². The minimum absolute atomic E-state index is 0.120. The van der Waals surface area contributed by atoms with E-state index in [1.54, 1.807) is 30.5 Å². The fourth-order valence-electron chi connectivity index (χ4n) is 5.61. The van der Waals surface area contributed by atoms with Crippen LogP contribution in [0, 0.1) is 30.0 Å². The predicted molar refractivity (Wildman–Crippen MR) is 132 cm³/mol. The standard InChI is InChI=1S/C28H27FN4O2/c1-16-20(26(34)35-3)9-11-24-25(16)33-27(32-24)28(2,15-30)18-6-4-17(5-7-18)21-12-13-31-23-10-8-19(29)14-22(21)23/h8-14,17-18H,4-7H2,1-3H3,(H,32,33). The highest BCUT2D eigenvalue weighted by Crippen LogP contribution is 2.45. The maximum atomic E-state index is 13.9. The molecule has 1 unspecified atom stereocenters. The lowest BCUT2D eigenvalue weighted by Crippen LogP contribution is -2.34. The average molecular weight is 471 g/mol. The molecule has 6 nitrogen and oxygen atoms in total. The molecule has 2 aromatic heterocycles. The van der Waals surface area contributed by atoms with Crippen LogP contribution in [0.3, 0.4) is 0 Å². The molecule has 0 radical (unpaired) electrons. The van der Waals surface area contributed by atoms with Crippen molar-refractivity contribution in [2.75, 3.05) is 7.11 Å². The van der Waals surface area contributed by atoms with Gasteiger partial charge in [0.25, 0.3) is 0 Å². The maximum absolute atomic E-state index is 13.9. The molecule has 0 saturated heterocycles. The van der Waals surface area contributed by atoms with Crippen molar-refractivity contribution in [3.05, 3.63) is 70.9 Å². The quantitative estimate of drug-likeness (QED) is 0.364. The van der Waals surface area contributed by atoms with Crippen molar-refractivity contribution in [1.82, 2.24) is 15.0 Å². The molecule has 0 bridgehead atoms. The number of aromatic amines is 1. The Morgan fingerprint density at radius 1 is 1.17 bits per heavy atom. The van der Waals surface area contributed by atoms with Crippen molar-refractivity contribution in [2.24, 2.45) is 5.92 Å². The number of carbonyl (C=O) groups is 1. The number of nitrogens with one attached hydrogen (secondary N) is 1. The molecule has 35 heavy (non-hydrogen) atoms. The number of fused-ring (bicyclic) bond motifs is 2. The van der Waals surface area contributed by atoms with Gasteiger partial charge in [-0.1, -0.05) is 0 Å². The van der Waals surface area contributed by atoms with Crippen LogP contribution in [0.2, 0.25) is 0 Å². The van der Waals surface area contributed by atoms with E-state index in [0.29, 0.717) is 17.3 Å². The van der Waals surface area contributed by atoms with Crippen LogP contribution in [0.5, 0.6) is 0 Å². The molecule has 1 aliphatic rings. The monoisotopic (exact) mass is 470 g/mol. The second-order valence-corrected chi connectivity index (χ2v) is 9.63. The van der Waals surface area contributed by atoms with Gasteiger partial charge in [0, 0.05) is 11.6 Å². The Bertz CT molecular complexity index is 1480. The van der Waals surface area contributed by atoms with E-state index >= 15 is 0 Å². The van der Waals surface area contributed by atoms with Gasteiger partial charge < -0.3 is 9.72 Å². The summed E-state index contributed by atoms with van der Waals surface area (Å²) in [6.45, 7) is 3.80. The topological polar surface area (TPSA) is 91.7 Å². The largest absolute Gasteiger partial charge is 0.465 e. The Morgan fingerprint density at radius 3 is 2.63 bits per heavy atom. The Kier molecular flexibility index (Phi) is 5.76. The molecule has 1 atom stereocenters. The molecule has 1 fully saturated rings. The van der Waals surface area contributed by atoms with E-state index in [4.69, 9.17) is 9.72 Å². The van der Waals surface area contributed by atoms with Crippen LogP contribution in [0.15, 0.2) is 42.6 Å². The Balaban J connectivity index is 1.42. The highest BCUT2D eigenvalue weighted by atomic mass is 19.1. The maximum Gasteiger partial charge on any atom is 0.338 e. The molecular weight excluding hydrogens is 443 g/mol. The molecule has 178 valence electrons. The van der Waals surface area contributed by atoms with Crippen molar-refractivity contribution >= 4 is 27.9 Å². The van der Waals surface area contributed by atoms with Gasteiger partial charge in [0.2, 0.25) is 0 Å². The number of hydrogen-bond acceptors (Lipinski definition) is 5. The van der Waals surface area contributed by atoms with E-state index in [1.165, 1.54) is 13.2 Å². The molecule has 0 amide bonds. The van der Waals surface area contributed by atoms with Crippen molar-refractivity contribution in [3.8, 4) is 6.07 Å². The van der Waals surface area contributed by atoms with Crippen LogP contribution in [0.4, 0.5) is 4.39 Å². The SMILES string of the molecule is COC(=O)c1ccc2nc(C(C)(C#N)C3CCC(c4ccnc5ccc(F)cc45)CC3)[nH]c2c1C. The average Bonchev–Trinajstić information content (AvgIpc) is 3.34. The zero-order valence-electron chi connectivity index (χ0n) is 20.1. The summed E-state index contributed by atoms with van der Waals surface area (Å²) in [5, 5.41) is 11.2. The van der Waals surface area contributed by atoms with Gasteiger partial charge in [-0.2, -0.15) is 5.26 Å². The number of ether oxygens (including phenoxy) is 1. The van der Waals surface area contributed by atoms with E-state index < -0.39 is 11.4 Å². The zero-order valence-corrected chi connectivity index (χ0v) is 20.1. The summed E-state index contributed by atoms with van der Waals surface area (Å²) in [6, 6.07) is 12.8. The van der Waals surface area contributed by atoms with Crippen LogP contribution in [-0.4, -0.2) is 28.0 Å². The molecule has 7 heteroatoms. The lowest BCUT2D eigenvalue weighted by molar-refractivity contribution is 0.0600. The van der Waals surface area contributed by atoms with Crippen LogP contribution < -0.4 is 0 Å². The molecule has 4 aromatic rings. The fourth-order valence-corrected chi connectivity index (χ4v) is 5.61. The van der Waals surface area contributed by atoms with Crippen molar-refractivity contribution in [3.63, 3.8) is 0 Å². The smallest absolute Gasteiger partial charge is 0.338 e. The van der Waals surface area contributed by atoms with Crippen LogP contribution in [-0.2, 0) is 10.2 Å². The summed E-state index contributed by atoms with van der Waals surface area (Å²) in [4.78, 5) is 24.6. The Labute approximate surface area is 203 Å². The molecule has 1 aliphatic carbocycles. The number of nitriles is 1. The first-order chi connectivity index (χ1) is 16.9. The number of benzene rings is 2. The Hall–Kier alpha value is -3.79. The number of rotatable bonds is 4. The van der Waals surface area contributed by atoms with Crippen LogP contribution in [0.25, 0.3) is 21.9 Å². The van der Waals surface area contributed by atoms with Gasteiger partial charge in [-0.05, 0) is 98.9 Å². The second-order valence-electron chi connectivity index (χ2n) is 9.63. The summed E-state index contributed by atoms with van der Waals surface area (Å²) < 4.78 is 18.8. The summed E-state index contributed by atoms with van der Waals surface area (Å²) in [6.07, 6.45) is 5.32. The zero-order chi connectivity index (χ0) is 24.7. The summed E-state index contributed by atoms with van der Waals surface area (Å²) >= 11 is 0. The van der Waals surface area contributed by atoms with Crippen molar-refractivity contribution in [2.45, 2.75) is 50.9 Å².